The fourth-order valence-corrected chi connectivity index (χ4v) is 4.96. The van der Waals surface area contributed by atoms with Crippen LogP contribution in [0.15, 0.2) is 29.4 Å². The van der Waals surface area contributed by atoms with Crippen molar-refractivity contribution in [2.75, 3.05) is 32.8 Å². The molecule has 198 valence electrons. The minimum Gasteiger partial charge on any atom is -0.492 e. The van der Waals surface area contributed by atoms with Gasteiger partial charge in [-0.05, 0) is 68.6 Å². The number of likely N-dealkylation sites (tertiary alicyclic amines) is 2. The zero-order chi connectivity index (χ0) is 24.8. The number of piperidine rings is 1. The van der Waals surface area contributed by atoms with Crippen LogP contribution in [0, 0.1) is 17.8 Å². The van der Waals surface area contributed by atoms with Crippen molar-refractivity contribution in [3.63, 3.8) is 0 Å². The number of carbonyl (C=O) groups excluding carboxylic acids is 2. The van der Waals surface area contributed by atoms with Crippen LogP contribution in [0.4, 0.5) is 9.50 Å². The van der Waals surface area contributed by atoms with Crippen molar-refractivity contribution in [2.45, 2.75) is 58.8 Å². The van der Waals surface area contributed by atoms with E-state index >= 15 is 0 Å². The lowest BCUT2D eigenvalue weighted by atomic mass is 9.87. The Morgan fingerprint density at radius 2 is 1.83 bits per heavy atom. The molecule has 4 rings (SSSR count). The van der Waals surface area contributed by atoms with E-state index in [1.807, 2.05) is 30.9 Å². The van der Waals surface area contributed by atoms with E-state index in [-0.39, 0.29) is 22.6 Å². The summed E-state index contributed by atoms with van der Waals surface area (Å²) in [6, 6.07) is 3.76. The van der Waals surface area contributed by atoms with Gasteiger partial charge in [0.1, 0.15) is 11.6 Å². The molecule has 1 aromatic rings. The van der Waals surface area contributed by atoms with Crippen LogP contribution in [0.5, 0.6) is 5.75 Å². The summed E-state index contributed by atoms with van der Waals surface area (Å²) < 4.78 is 6.00. The van der Waals surface area contributed by atoms with Crippen molar-refractivity contribution in [2.24, 2.45) is 28.5 Å². The maximum Gasteiger partial charge on any atom is 0.345 e. The van der Waals surface area contributed by atoms with E-state index in [4.69, 9.17) is 10.5 Å². The SMILES string of the molecule is CC(C)/C(N)=N/C(=O)N1CCC(COc2ccc(C3=CCC(C(=O)N4CCCC4)CC3)nc2)CC1.F. The number of halogens is 1. The largest absolute Gasteiger partial charge is 0.492 e. The summed E-state index contributed by atoms with van der Waals surface area (Å²) in [4.78, 5) is 37.3. The van der Waals surface area contributed by atoms with Crippen LogP contribution in [-0.4, -0.2) is 65.3 Å². The highest BCUT2D eigenvalue weighted by Crippen LogP contribution is 2.31. The predicted octanol–water partition coefficient (Wildman–Crippen LogP) is 4.26. The molecule has 2 aliphatic heterocycles. The van der Waals surface area contributed by atoms with Crippen molar-refractivity contribution >= 4 is 23.3 Å². The molecular formula is C27H40FN5O3. The molecule has 0 aromatic carbocycles. The third kappa shape index (κ3) is 7.04. The molecule has 0 radical (unpaired) electrons. The summed E-state index contributed by atoms with van der Waals surface area (Å²) in [7, 11) is 0. The normalized spacial score (nSPS) is 21.2. The third-order valence-corrected chi connectivity index (χ3v) is 7.43. The van der Waals surface area contributed by atoms with Crippen LogP contribution >= 0.6 is 0 Å². The molecule has 0 saturated carbocycles. The summed E-state index contributed by atoms with van der Waals surface area (Å²) in [5, 5.41) is 0. The number of allylic oxidation sites excluding steroid dienone is 2. The second-order valence-electron chi connectivity index (χ2n) is 10.3. The molecule has 3 amide bonds. The molecule has 1 aliphatic carbocycles. The summed E-state index contributed by atoms with van der Waals surface area (Å²) in [5.74, 6) is 2.07. The van der Waals surface area contributed by atoms with Crippen molar-refractivity contribution in [3.05, 3.63) is 30.1 Å². The molecule has 36 heavy (non-hydrogen) atoms. The Hall–Kier alpha value is -2.97. The van der Waals surface area contributed by atoms with Crippen molar-refractivity contribution in [1.82, 2.24) is 14.8 Å². The minimum absolute atomic E-state index is 0. The van der Waals surface area contributed by atoms with E-state index in [1.165, 1.54) is 5.57 Å². The molecule has 1 atom stereocenters. The second-order valence-corrected chi connectivity index (χ2v) is 10.3. The van der Waals surface area contributed by atoms with Crippen LogP contribution < -0.4 is 10.5 Å². The highest BCUT2D eigenvalue weighted by Gasteiger charge is 2.28. The predicted molar refractivity (Wildman–Crippen MR) is 140 cm³/mol. The molecule has 1 aromatic heterocycles. The first-order chi connectivity index (χ1) is 16.9. The van der Waals surface area contributed by atoms with Gasteiger partial charge in [-0.15, -0.1) is 0 Å². The second kappa shape index (κ2) is 12.8. The van der Waals surface area contributed by atoms with Gasteiger partial charge in [0.25, 0.3) is 0 Å². The number of hydrogen-bond donors (Lipinski definition) is 1. The van der Waals surface area contributed by atoms with Gasteiger partial charge in [-0.25, -0.2) is 4.79 Å². The highest BCUT2D eigenvalue weighted by atomic mass is 19.0. The van der Waals surface area contributed by atoms with Gasteiger partial charge in [-0.3, -0.25) is 14.5 Å². The lowest BCUT2D eigenvalue weighted by molar-refractivity contribution is -0.134. The van der Waals surface area contributed by atoms with Gasteiger partial charge in [-0.2, -0.15) is 4.99 Å². The van der Waals surface area contributed by atoms with Crippen LogP contribution in [-0.2, 0) is 4.79 Å². The summed E-state index contributed by atoms with van der Waals surface area (Å²) >= 11 is 0. The Labute approximate surface area is 213 Å². The number of amidine groups is 1. The lowest BCUT2D eigenvalue weighted by Crippen LogP contribution is -2.39. The first kappa shape index (κ1) is 27.6. The van der Waals surface area contributed by atoms with Crippen LogP contribution in [0.25, 0.3) is 5.57 Å². The highest BCUT2D eigenvalue weighted by molar-refractivity contribution is 5.93. The number of ether oxygens (including phenoxy) is 1. The third-order valence-electron chi connectivity index (χ3n) is 7.43. The van der Waals surface area contributed by atoms with Gasteiger partial charge in [0, 0.05) is 38.0 Å². The standard InChI is InChI=1S/C27H39N5O3.FH/c1-19(2)25(28)30-27(34)32-15-11-20(12-16-32)18-35-23-9-10-24(29-17-23)21-5-7-22(8-6-21)26(33)31-13-3-4-14-31;/h5,9-10,17,19-20,22H,3-4,6-8,11-16,18H2,1-2H3,(H2,28,30,34);1H. The van der Waals surface area contributed by atoms with Gasteiger partial charge in [0.2, 0.25) is 5.91 Å². The molecule has 2 fully saturated rings. The van der Waals surface area contributed by atoms with Crippen LogP contribution in [0.2, 0.25) is 0 Å². The van der Waals surface area contributed by atoms with Crippen molar-refractivity contribution in [3.8, 4) is 5.75 Å². The molecule has 2 N–H and O–H groups in total. The molecule has 1 unspecified atom stereocenters. The number of nitrogens with zero attached hydrogens (tertiary/aromatic N) is 4. The van der Waals surface area contributed by atoms with Gasteiger partial charge in [0.15, 0.2) is 0 Å². The first-order valence-electron chi connectivity index (χ1n) is 13.1. The summed E-state index contributed by atoms with van der Waals surface area (Å²) in [6.45, 7) is 7.67. The molecular weight excluding hydrogens is 461 g/mol. The number of amides is 3. The average molecular weight is 502 g/mol. The van der Waals surface area contributed by atoms with Crippen molar-refractivity contribution < 1.29 is 19.0 Å². The topological polar surface area (TPSA) is 101 Å². The first-order valence-corrected chi connectivity index (χ1v) is 13.1. The number of hydrogen-bond acceptors (Lipinski definition) is 4. The average Bonchev–Trinajstić information content (AvgIpc) is 3.43. The summed E-state index contributed by atoms with van der Waals surface area (Å²) in [5.41, 5.74) is 8.01. The quantitative estimate of drug-likeness (QED) is 0.464. The van der Waals surface area contributed by atoms with E-state index < -0.39 is 0 Å². The molecule has 0 spiro atoms. The van der Waals surface area contributed by atoms with E-state index in [2.05, 4.69) is 16.1 Å². The number of nitrogens with two attached hydrogens (primary N) is 1. The lowest BCUT2D eigenvalue weighted by Gasteiger charge is -2.30. The van der Waals surface area contributed by atoms with Gasteiger partial charge in [0.05, 0.1) is 18.5 Å². The van der Waals surface area contributed by atoms with Gasteiger partial charge >= 0.3 is 6.03 Å². The van der Waals surface area contributed by atoms with E-state index in [0.29, 0.717) is 37.4 Å². The number of rotatable bonds is 6. The molecule has 3 aliphatic rings. The van der Waals surface area contributed by atoms with Gasteiger partial charge < -0.3 is 20.3 Å². The zero-order valence-corrected chi connectivity index (χ0v) is 21.5. The molecule has 0 bridgehead atoms. The number of urea groups is 1. The monoisotopic (exact) mass is 501 g/mol. The number of carbonyl (C=O) groups is 2. The number of aliphatic imine (C=N–C) groups is 1. The van der Waals surface area contributed by atoms with E-state index in [9.17, 15) is 9.59 Å². The Morgan fingerprint density at radius 1 is 1.11 bits per heavy atom. The number of aromatic nitrogens is 1. The Kier molecular flexibility index (Phi) is 9.84. The van der Waals surface area contributed by atoms with E-state index in [1.54, 1.807) is 11.1 Å². The van der Waals surface area contributed by atoms with Crippen LogP contribution in [0.3, 0.4) is 0 Å². The molecule has 9 heteroatoms. The fraction of sp³-hybridized carbons (Fsp3) is 0.630. The smallest absolute Gasteiger partial charge is 0.345 e. The molecule has 3 heterocycles. The van der Waals surface area contributed by atoms with E-state index in [0.717, 1.165) is 69.5 Å². The molecule has 2 saturated heterocycles. The zero-order valence-electron chi connectivity index (χ0n) is 21.5. The molecule has 8 nitrogen and oxygen atoms in total. The van der Waals surface area contributed by atoms with Crippen molar-refractivity contribution in [1.29, 1.82) is 0 Å². The fourth-order valence-electron chi connectivity index (χ4n) is 4.96. The minimum atomic E-state index is -0.237. The Balaban J connectivity index is 0.00000361. The maximum absolute atomic E-state index is 12.6. The van der Waals surface area contributed by atoms with Gasteiger partial charge in [-0.1, -0.05) is 19.9 Å². The maximum atomic E-state index is 12.6. The Morgan fingerprint density at radius 3 is 2.42 bits per heavy atom. The summed E-state index contributed by atoms with van der Waals surface area (Å²) in [6.07, 6.45) is 10.6. The Bertz CT molecular complexity index is 949. The number of pyridine rings is 1. The van der Waals surface area contributed by atoms with Crippen LogP contribution in [0.1, 0.15) is 64.5 Å².